The molecule has 0 atom stereocenters. The third-order valence-electron chi connectivity index (χ3n) is 2.19. The van der Waals surface area contributed by atoms with Gasteiger partial charge in [-0.2, -0.15) is 0 Å². The van der Waals surface area contributed by atoms with Crippen molar-refractivity contribution >= 4 is 6.03 Å². The predicted molar refractivity (Wildman–Crippen MR) is 59.9 cm³/mol. The molecule has 2 amide bonds. The monoisotopic (exact) mass is 214 g/mol. The molecule has 0 spiro atoms. The second-order valence-electron chi connectivity index (χ2n) is 5.71. The first-order valence-electron chi connectivity index (χ1n) is 5.41. The molecule has 1 aliphatic rings. The summed E-state index contributed by atoms with van der Waals surface area (Å²) in [4.78, 5) is 13.7. The fraction of sp³-hybridized carbons (Fsp3) is 0.909. The summed E-state index contributed by atoms with van der Waals surface area (Å²) in [5.41, 5.74) is -0.410. The van der Waals surface area contributed by atoms with Crippen LogP contribution >= 0.6 is 0 Å². The summed E-state index contributed by atoms with van der Waals surface area (Å²) < 4.78 is 5.55. The molecular formula is C11H22N2O2. The second-order valence-corrected chi connectivity index (χ2v) is 5.71. The minimum absolute atomic E-state index is 0.00104. The number of urea groups is 1. The first-order chi connectivity index (χ1) is 6.70. The van der Waals surface area contributed by atoms with Crippen LogP contribution in [0.3, 0.4) is 0 Å². The number of hydrogen-bond donors (Lipinski definition) is 1. The van der Waals surface area contributed by atoms with Crippen molar-refractivity contribution in [2.75, 3.05) is 19.7 Å². The highest BCUT2D eigenvalue weighted by atomic mass is 16.5. The van der Waals surface area contributed by atoms with E-state index in [1.54, 1.807) is 0 Å². The minimum Gasteiger partial charge on any atom is -0.372 e. The Morgan fingerprint density at radius 1 is 1.40 bits per heavy atom. The molecule has 0 bridgehead atoms. The maximum absolute atomic E-state index is 11.9. The number of hydrogen-bond acceptors (Lipinski definition) is 2. The summed E-state index contributed by atoms with van der Waals surface area (Å²) >= 11 is 0. The molecule has 0 aromatic rings. The van der Waals surface area contributed by atoms with Gasteiger partial charge in [-0.05, 0) is 34.6 Å². The van der Waals surface area contributed by atoms with Gasteiger partial charge in [0.2, 0.25) is 0 Å². The third kappa shape index (κ3) is 4.08. The Morgan fingerprint density at radius 2 is 2.00 bits per heavy atom. The van der Waals surface area contributed by atoms with E-state index in [9.17, 15) is 4.79 Å². The average Bonchev–Trinajstić information content (AvgIpc) is 1.99. The lowest BCUT2D eigenvalue weighted by Crippen LogP contribution is -2.56. The molecule has 15 heavy (non-hydrogen) atoms. The van der Waals surface area contributed by atoms with Gasteiger partial charge >= 0.3 is 6.03 Å². The van der Waals surface area contributed by atoms with E-state index >= 15 is 0 Å². The largest absolute Gasteiger partial charge is 0.372 e. The standard InChI is InChI=1S/C11H22N2O2/c1-10(2,3)12-9(14)13-6-7-15-11(4,5)8-13/h6-8H2,1-5H3,(H,12,14). The van der Waals surface area contributed by atoms with E-state index in [1.807, 2.05) is 39.5 Å². The van der Waals surface area contributed by atoms with Crippen LogP contribution in [0.5, 0.6) is 0 Å². The number of morpholine rings is 1. The lowest BCUT2D eigenvalue weighted by Gasteiger charge is -2.39. The van der Waals surface area contributed by atoms with Crippen LogP contribution in [0.2, 0.25) is 0 Å². The number of amides is 2. The summed E-state index contributed by atoms with van der Waals surface area (Å²) in [6.07, 6.45) is 0. The fourth-order valence-corrected chi connectivity index (χ4v) is 1.59. The molecule has 4 nitrogen and oxygen atoms in total. The Morgan fingerprint density at radius 3 is 2.47 bits per heavy atom. The topological polar surface area (TPSA) is 41.6 Å². The van der Waals surface area contributed by atoms with Crippen LogP contribution in [0.1, 0.15) is 34.6 Å². The van der Waals surface area contributed by atoms with Gasteiger partial charge in [0, 0.05) is 12.1 Å². The molecule has 1 fully saturated rings. The number of ether oxygens (including phenoxy) is 1. The smallest absolute Gasteiger partial charge is 0.317 e. The summed E-state index contributed by atoms with van der Waals surface area (Å²) in [5, 5.41) is 2.96. The van der Waals surface area contributed by atoms with E-state index in [0.29, 0.717) is 19.7 Å². The number of rotatable bonds is 0. The Kier molecular flexibility index (Phi) is 3.28. The number of carbonyl (C=O) groups is 1. The van der Waals surface area contributed by atoms with Crippen molar-refractivity contribution < 1.29 is 9.53 Å². The quantitative estimate of drug-likeness (QED) is 0.665. The molecule has 1 heterocycles. The first-order valence-corrected chi connectivity index (χ1v) is 5.41. The van der Waals surface area contributed by atoms with Crippen LogP contribution in [-0.4, -0.2) is 41.8 Å². The van der Waals surface area contributed by atoms with Crippen molar-refractivity contribution in [3.8, 4) is 0 Å². The predicted octanol–water partition coefficient (Wildman–Crippen LogP) is 1.61. The molecule has 0 aliphatic carbocycles. The Bertz CT molecular complexity index is 243. The molecule has 0 unspecified atom stereocenters. The van der Waals surface area contributed by atoms with Crippen molar-refractivity contribution in [1.82, 2.24) is 10.2 Å². The molecule has 0 aromatic heterocycles. The van der Waals surface area contributed by atoms with Crippen LogP contribution in [0.25, 0.3) is 0 Å². The van der Waals surface area contributed by atoms with Crippen molar-refractivity contribution in [3.63, 3.8) is 0 Å². The molecule has 1 N–H and O–H groups in total. The van der Waals surface area contributed by atoms with Gasteiger partial charge in [-0.25, -0.2) is 4.79 Å². The molecule has 1 aliphatic heterocycles. The number of nitrogens with one attached hydrogen (secondary N) is 1. The van der Waals surface area contributed by atoms with Crippen LogP contribution in [0.15, 0.2) is 0 Å². The van der Waals surface area contributed by atoms with Gasteiger partial charge in [-0.1, -0.05) is 0 Å². The van der Waals surface area contributed by atoms with Crippen molar-refractivity contribution in [1.29, 1.82) is 0 Å². The van der Waals surface area contributed by atoms with Gasteiger partial charge in [0.25, 0.3) is 0 Å². The Hall–Kier alpha value is -0.770. The van der Waals surface area contributed by atoms with Gasteiger partial charge in [-0.3, -0.25) is 0 Å². The highest BCUT2D eigenvalue weighted by molar-refractivity contribution is 5.75. The highest BCUT2D eigenvalue weighted by Gasteiger charge is 2.30. The third-order valence-corrected chi connectivity index (χ3v) is 2.19. The van der Waals surface area contributed by atoms with E-state index in [1.165, 1.54) is 0 Å². The molecule has 4 heteroatoms. The lowest BCUT2D eigenvalue weighted by atomic mass is 10.1. The number of nitrogens with zero attached hydrogens (tertiary/aromatic N) is 1. The van der Waals surface area contributed by atoms with Crippen LogP contribution < -0.4 is 5.32 Å². The van der Waals surface area contributed by atoms with Gasteiger partial charge in [0.05, 0.1) is 18.8 Å². The van der Waals surface area contributed by atoms with Crippen molar-refractivity contribution in [2.45, 2.75) is 45.8 Å². The normalized spacial score (nSPS) is 21.3. The van der Waals surface area contributed by atoms with Gasteiger partial charge in [0.15, 0.2) is 0 Å². The lowest BCUT2D eigenvalue weighted by molar-refractivity contribution is -0.0737. The van der Waals surface area contributed by atoms with Crippen LogP contribution in [0.4, 0.5) is 4.79 Å². The first kappa shape index (κ1) is 12.3. The zero-order valence-corrected chi connectivity index (χ0v) is 10.4. The molecule has 88 valence electrons. The van der Waals surface area contributed by atoms with Crippen LogP contribution in [-0.2, 0) is 4.74 Å². The molecule has 0 aromatic carbocycles. The summed E-state index contributed by atoms with van der Waals surface area (Å²) in [6, 6.07) is -0.00104. The highest BCUT2D eigenvalue weighted by Crippen LogP contribution is 2.16. The second kappa shape index (κ2) is 4.00. The van der Waals surface area contributed by atoms with Gasteiger partial charge in [0.1, 0.15) is 0 Å². The van der Waals surface area contributed by atoms with Gasteiger partial charge < -0.3 is 15.0 Å². The molecule has 1 rings (SSSR count). The summed E-state index contributed by atoms with van der Waals surface area (Å²) in [5.74, 6) is 0. The summed E-state index contributed by atoms with van der Waals surface area (Å²) in [6.45, 7) is 11.9. The Balaban J connectivity index is 2.53. The van der Waals surface area contributed by atoms with Gasteiger partial charge in [-0.15, -0.1) is 0 Å². The molecular weight excluding hydrogens is 192 g/mol. The average molecular weight is 214 g/mol. The number of carbonyl (C=O) groups excluding carboxylic acids is 1. The summed E-state index contributed by atoms with van der Waals surface area (Å²) in [7, 11) is 0. The molecule has 1 saturated heterocycles. The minimum atomic E-state index is -0.229. The van der Waals surface area contributed by atoms with E-state index in [4.69, 9.17) is 4.74 Å². The fourth-order valence-electron chi connectivity index (χ4n) is 1.59. The van der Waals surface area contributed by atoms with E-state index in [2.05, 4.69) is 5.32 Å². The van der Waals surface area contributed by atoms with Crippen molar-refractivity contribution in [3.05, 3.63) is 0 Å². The maximum atomic E-state index is 11.9. The zero-order valence-electron chi connectivity index (χ0n) is 10.4. The van der Waals surface area contributed by atoms with E-state index in [-0.39, 0.29) is 17.2 Å². The van der Waals surface area contributed by atoms with E-state index < -0.39 is 0 Å². The van der Waals surface area contributed by atoms with Crippen molar-refractivity contribution in [2.24, 2.45) is 0 Å². The zero-order chi connectivity index (χ0) is 11.7. The van der Waals surface area contributed by atoms with Crippen LogP contribution in [0, 0.1) is 0 Å². The SMILES string of the molecule is CC(C)(C)NC(=O)N1CCOC(C)(C)C1. The molecule has 0 radical (unpaired) electrons. The maximum Gasteiger partial charge on any atom is 0.317 e. The Labute approximate surface area is 92.0 Å². The van der Waals surface area contributed by atoms with E-state index in [0.717, 1.165) is 0 Å². The molecule has 0 saturated carbocycles.